The molecule has 0 bridgehead atoms. The zero-order chi connectivity index (χ0) is 15.0. The molecule has 1 aromatic carbocycles. The maximum absolute atomic E-state index is 11.3. The van der Waals surface area contributed by atoms with Gasteiger partial charge in [-0.2, -0.15) is 16.8 Å². The monoisotopic (exact) mass is 320 g/mol. The van der Waals surface area contributed by atoms with Crippen molar-refractivity contribution in [2.24, 2.45) is 0 Å². The van der Waals surface area contributed by atoms with E-state index >= 15 is 0 Å². The van der Waals surface area contributed by atoms with Crippen LogP contribution in [-0.4, -0.2) is 41.6 Å². The Morgan fingerprint density at radius 2 is 1.20 bits per heavy atom. The molecule has 6 nitrogen and oxygen atoms in total. The molecule has 2 rings (SSSR count). The van der Waals surface area contributed by atoms with Crippen LogP contribution in [-0.2, 0) is 41.4 Å². The normalized spacial score (nSPS) is 23.3. The molecule has 1 aliphatic carbocycles. The fourth-order valence-corrected chi connectivity index (χ4v) is 3.58. The Labute approximate surface area is 119 Å². The number of hydrogen-bond acceptors (Lipinski definition) is 6. The fourth-order valence-electron chi connectivity index (χ4n) is 2.29. The molecule has 0 fully saturated rings. The van der Waals surface area contributed by atoms with Gasteiger partial charge in [-0.05, 0) is 11.1 Å². The molecule has 0 aliphatic heterocycles. The molecule has 8 heteroatoms. The molecule has 1 aliphatic rings. The van der Waals surface area contributed by atoms with Crippen LogP contribution in [0.25, 0.3) is 0 Å². The van der Waals surface area contributed by atoms with Crippen molar-refractivity contribution >= 4 is 20.2 Å². The van der Waals surface area contributed by atoms with Crippen molar-refractivity contribution in [2.75, 3.05) is 12.5 Å². The van der Waals surface area contributed by atoms with E-state index in [0.717, 1.165) is 23.6 Å². The number of hydrogen-bond donors (Lipinski definition) is 0. The second-order valence-corrected chi connectivity index (χ2v) is 8.06. The highest BCUT2D eigenvalue weighted by atomic mass is 32.2. The van der Waals surface area contributed by atoms with Crippen LogP contribution in [0.15, 0.2) is 24.3 Å². The lowest BCUT2D eigenvalue weighted by atomic mass is 9.88. The van der Waals surface area contributed by atoms with Gasteiger partial charge < -0.3 is 0 Å². The third-order valence-corrected chi connectivity index (χ3v) is 4.17. The quantitative estimate of drug-likeness (QED) is 0.750. The number of benzene rings is 1. The molecule has 112 valence electrons. The Bertz CT molecular complexity index is 631. The van der Waals surface area contributed by atoms with Crippen LogP contribution in [0.1, 0.15) is 11.1 Å². The zero-order valence-corrected chi connectivity index (χ0v) is 12.8. The predicted octanol–water partition coefficient (Wildman–Crippen LogP) is 0.475. The molecule has 1 unspecified atom stereocenters. The van der Waals surface area contributed by atoms with Crippen molar-refractivity contribution in [2.45, 2.75) is 25.0 Å². The fraction of sp³-hybridized carbons (Fsp3) is 0.500. The highest BCUT2D eigenvalue weighted by Crippen LogP contribution is 2.27. The van der Waals surface area contributed by atoms with E-state index in [0.29, 0.717) is 12.8 Å². The Kier molecular flexibility index (Phi) is 4.19. The average molecular weight is 320 g/mol. The van der Waals surface area contributed by atoms with Crippen LogP contribution < -0.4 is 0 Å². The van der Waals surface area contributed by atoms with E-state index in [-0.39, 0.29) is 0 Å². The van der Waals surface area contributed by atoms with Gasteiger partial charge in [-0.1, -0.05) is 24.3 Å². The first-order chi connectivity index (χ1) is 9.14. The van der Waals surface area contributed by atoms with E-state index in [4.69, 9.17) is 8.37 Å². The molecular formula is C12H16O6S2. The van der Waals surface area contributed by atoms with Crippen LogP contribution in [0.2, 0.25) is 0 Å². The van der Waals surface area contributed by atoms with E-state index in [1.54, 1.807) is 0 Å². The van der Waals surface area contributed by atoms with Crippen molar-refractivity contribution < 1.29 is 25.2 Å². The van der Waals surface area contributed by atoms with Crippen molar-refractivity contribution in [3.8, 4) is 0 Å². The summed E-state index contributed by atoms with van der Waals surface area (Å²) < 4.78 is 55.1. The van der Waals surface area contributed by atoms with Gasteiger partial charge in [0.2, 0.25) is 0 Å². The molecule has 0 saturated carbocycles. The molecule has 0 N–H and O–H groups in total. The van der Waals surface area contributed by atoms with E-state index in [9.17, 15) is 16.8 Å². The summed E-state index contributed by atoms with van der Waals surface area (Å²) in [7, 11) is -7.38. The van der Waals surface area contributed by atoms with Crippen LogP contribution >= 0.6 is 0 Å². The summed E-state index contributed by atoms with van der Waals surface area (Å²) in [5.41, 5.74) is 1.88. The van der Waals surface area contributed by atoms with Gasteiger partial charge in [0.1, 0.15) is 12.2 Å². The molecule has 0 radical (unpaired) electrons. The third kappa shape index (κ3) is 4.27. The highest BCUT2D eigenvalue weighted by Gasteiger charge is 2.34. The van der Waals surface area contributed by atoms with Gasteiger partial charge >= 0.3 is 0 Å². The topological polar surface area (TPSA) is 86.7 Å². The van der Waals surface area contributed by atoms with Gasteiger partial charge in [0, 0.05) is 12.8 Å². The minimum atomic E-state index is -3.69. The summed E-state index contributed by atoms with van der Waals surface area (Å²) in [6, 6.07) is 7.41. The predicted molar refractivity (Wildman–Crippen MR) is 73.3 cm³/mol. The van der Waals surface area contributed by atoms with Gasteiger partial charge in [0.15, 0.2) is 0 Å². The minimum Gasteiger partial charge on any atom is -0.264 e. The maximum Gasteiger partial charge on any atom is 0.264 e. The standard InChI is InChI=1S/C12H16O6S2/c1-19(13,14)17-11-7-9-5-3-4-6-10(9)8-12(11)18-20(2,15)16/h3-6,11-12H,7-8H2,1-2H3/t11-,12?/m0/s1. The van der Waals surface area contributed by atoms with E-state index in [1.807, 2.05) is 24.3 Å². The van der Waals surface area contributed by atoms with E-state index in [1.165, 1.54) is 0 Å². The summed E-state index contributed by atoms with van der Waals surface area (Å²) in [5, 5.41) is 0. The second kappa shape index (κ2) is 5.44. The smallest absolute Gasteiger partial charge is 0.264 e. The van der Waals surface area contributed by atoms with E-state index in [2.05, 4.69) is 0 Å². The summed E-state index contributed by atoms with van der Waals surface area (Å²) in [6.45, 7) is 0. The lowest BCUT2D eigenvalue weighted by Gasteiger charge is -2.31. The number of rotatable bonds is 4. The molecule has 20 heavy (non-hydrogen) atoms. The number of fused-ring (bicyclic) bond motifs is 1. The van der Waals surface area contributed by atoms with Gasteiger partial charge in [0.05, 0.1) is 12.5 Å². The molecule has 0 aromatic heterocycles. The first kappa shape index (κ1) is 15.4. The van der Waals surface area contributed by atoms with Crippen LogP contribution in [0.3, 0.4) is 0 Å². The van der Waals surface area contributed by atoms with Crippen molar-refractivity contribution in [3.63, 3.8) is 0 Å². The molecule has 1 aromatic rings. The largest absolute Gasteiger partial charge is 0.264 e. The lowest BCUT2D eigenvalue weighted by molar-refractivity contribution is 0.0574. The molecule has 0 amide bonds. The molecule has 0 saturated heterocycles. The summed E-state index contributed by atoms with van der Waals surface area (Å²) >= 11 is 0. The Morgan fingerprint density at radius 3 is 1.50 bits per heavy atom. The third-order valence-electron chi connectivity index (χ3n) is 2.97. The second-order valence-electron chi connectivity index (χ2n) is 4.85. The maximum atomic E-state index is 11.3. The lowest BCUT2D eigenvalue weighted by Crippen LogP contribution is -2.41. The van der Waals surface area contributed by atoms with Gasteiger partial charge in [-0.15, -0.1) is 0 Å². The molecule has 0 heterocycles. The molecular weight excluding hydrogens is 304 g/mol. The van der Waals surface area contributed by atoms with Crippen molar-refractivity contribution in [3.05, 3.63) is 35.4 Å². The first-order valence-electron chi connectivity index (χ1n) is 5.97. The van der Waals surface area contributed by atoms with Crippen LogP contribution in [0, 0.1) is 0 Å². The van der Waals surface area contributed by atoms with Gasteiger partial charge in [-0.3, -0.25) is 8.37 Å². The van der Waals surface area contributed by atoms with Crippen molar-refractivity contribution in [1.82, 2.24) is 0 Å². The summed E-state index contributed by atoms with van der Waals surface area (Å²) in [6.07, 6.45) is 0.785. The first-order valence-corrected chi connectivity index (χ1v) is 9.61. The highest BCUT2D eigenvalue weighted by molar-refractivity contribution is 7.86. The van der Waals surface area contributed by atoms with Crippen molar-refractivity contribution in [1.29, 1.82) is 0 Å². The molecule has 2 atom stereocenters. The van der Waals surface area contributed by atoms with Crippen LogP contribution in [0.4, 0.5) is 0 Å². The summed E-state index contributed by atoms with van der Waals surface area (Å²) in [4.78, 5) is 0. The Hall–Kier alpha value is -0.960. The van der Waals surface area contributed by atoms with Gasteiger partial charge in [0.25, 0.3) is 20.2 Å². The summed E-state index contributed by atoms with van der Waals surface area (Å²) in [5.74, 6) is 0. The van der Waals surface area contributed by atoms with E-state index < -0.39 is 32.4 Å². The van der Waals surface area contributed by atoms with Crippen LogP contribution in [0.5, 0.6) is 0 Å². The molecule has 0 spiro atoms. The van der Waals surface area contributed by atoms with Gasteiger partial charge in [-0.25, -0.2) is 0 Å². The Morgan fingerprint density at radius 1 is 0.850 bits per heavy atom. The average Bonchev–Trinajstić information content (AvgIpc) is 2.26. The Balaban J connectivity index is 2.31. The zero-order valence-electron chi connectivity index (χ0n) is 11.1. The SMILES string of the molecule is CS(=O)(=O)OC1Cc2ccccc2C[C@@H]1OS(C)(=O)=O. The minimum absolute atomic E-state index is 0.295.